The van der Waals surface area contributed by atoms with Crippen LogP contribution in [0.4, 0.5) is 5.69 Å². The lowest BCUT2D eigenvalue weighted by Crippen LogP contribution is -2.35. The molecule has 1 saturated heterocycles. The van der Waals surface area contributed by atoms with Crippen molar-refractivity contribution in [2.45, 2.75) is 19.3 Å². The fourth-order valence-corrected chi connectivity index (χ4v) is 4.13. The zero-order valence-electron chi connectivity index (χ0n) is 17.1. The minimum absolute atomic E-state index is 0.00659. The Labute approximate surface area is 177 Å². The standard InChI is InChI=1S/C26H26N2O2/c1-19-10-8-9-15-24(19)28-18-22(16-25(28)29)26(30)27-17-23(20-11-4-2-5-12-20)21-13-6-3-7-14-21/h2-15,22-23H,16-18H2,1H3,(H,27,30)/t22-/m1/s1. The van der Waals surface area contributed by atoms with Crippen LogP contribution in [0.3, 0.4) is 0 Å². The smallest absolute Gasteiger partial charge is 0.227 e. The molecule has 1 N–H and O–H groups in total. The van der Waals surface area contributed by atoms with Crippen LogP contribution in [-0.4, -0.2) is 24.9 Å². The summed E-state index contributed by atoms with van der Waals surface area (Å²) in [7, 11) is 0. The van der Waals surface area contributed by atoms with Crippen molar-refractivity contribution in [2.75, 3.05) is 18.0 Å². The van der Waals surface area contributed by atoms with Gasteiger partial charge in [0.1, 0.15) is 0 Å². The van der Waals surface area contributed by atoms with Gasteiger partial charge in [-0.05, 0) is 29.7 Å². The molecular formula is C26H26N2O2. The lowest BCUT2D eigenvalue weighted by Gasteiger charge is -2.21. The summed E-state index contributed by atoms with van der Waals surface area (Å²) in [5, 5.41) is 3.11. The van der Waals surface area contributed by atoms with Gasteiger partial charge in [-0.15, -0.1) is 0 Å². The molecule has 4 heteroatoms. The van der Waals surface area contributed by atoms with Crippen LogP contribution in [0.2, 0.25) is 0 Å². The van der Waals surface area contributed by atoms with E-state index in [1.165, 1.54) is 0 Å². The van der Waals surface area contributed by atoms with Gasteiger partial charge in [-0.2, -0.15) is 0 Å². The molecule has 1 heterocycles. The molecule has 1 aliphatic rings. The first-order valence-corrected chi connectivity index (χ1v) is 10.4. The van der Waals surface area contributed by atoms with Gasteiger partial charge in [0, 0.05) is 31.1 Å². The molecule has 4 nitrogen and oxygen atoms in total. The monoisotopic (exact) mass is 398 g/mol. The number of hydrogen-bond acceptors (Lipinski definition) is 2. The first-order chi connectivity index (χ1) is 14.6. The van der Waals surface area contributed by atoms with Crippen molar-refractivity contribution < 1.29 is 9.59 Å². The van der Waals surface area contributed by atoms with E-state index in [0.29, 0.717) is 13.1 Å². The van der Waals surface area contributed by atoms with Crippen LogP contribution in [0.1, 0.15) is 29.0 Å². The average molecular weight is 399 g/mol. The van der Waals surface area contributed by atoms with Gasteiger partial charge in [-0.25, -0.2) is 0 Å². The predicted molar refractivity (Wildman–Crippen MR) is 119 cm³/mol. The number of anilines is 1. The number of amides is 2. The summed E-state index contributed by atoms with van der Waals surface area (Å²) in [6.45, 7) is 2.92. The maximum atomic E-state index is 12.9. The number of hydrogen-bond donors (Lipinski definition) is 1. The van der Waals surface area contributed by atoms with E-state index in [9.17, 15) is 9.59 Å². The second kappa shape index (κ2) is 8.95. The van der Waals surface area contributed by atoms with Gasteiger partial charge in [-0.3, -0.25) is 9.59 Å². The summed E-state index contributed by atoms with van der Waals surface area (Å²) in [5.74, 6) is -0.311. The summed E-state index contributed by atoms with van der Waals surface area (Å²) in [6, 6.07) is 28.2. The Morgan fingerprint density at radius 1 is 0.933 bits per heavy atom. The topological polar surface area (TPSA) is 49.4 Å². The molecule has 0 aliphatic carbocycles. The van der Waals surface area contributed by atoms with E-state index < -0.39 is 0 Å². The zero-order chi connectivity index (χ0) is 20.9. The van der Waals surface area contributed by atoms with E-state index in [1.807, 2.05) is 67.6 Å². The highest BCUT2D eigenvalue weighted by atomic mass is 16.2. The van der Waals surface area contributed by atoms with Gasteiger partial charge in [0.05, 0.1) is 5.92 Å². The van der Waals surface area contributed by atoms with Crippen LogP contribution >= 0.6 is 0 Å². The lowest BCUT2D eigenvalue weighted by atomic mass is 9.91. The third-order valence-electron chi connectivity index (χ3n) is 5.79. The molecule has 1 fully saturated rings. The van der Waals surface area contributed by atoms with Gasteiger partial charge in [0.2, 0.25) is 11.8 Å². The third kappa shape index (κ3) is 4.28. The van der Waals surface area contributed by atoms with Crippen LogP contribution < -0.4 is 10.2 Å². The van der Waals surface area contributed by atoms with Crippen molar-refractivity contribution in [3.63, 3.8) is 0 Å². The first-order valence-electron chi connectivity index (χ1n) is 10.4. The molecule has 1 aliphatic heterocycles. The van der Waals surface area contributed by atoms with E-state index in [2.05, 4.69) is 29.6 Å². The Bertz CT molecular complexity index is 978. The number of rotatable bonds is 6. The number of benzene rings is 3. The quantitative estimate of drug-likeness (QED) is 0.673. The first kappa shape index (κ1) is 19.9. The summed E-state index contributed by atoms with van der Waals surface area (Å²) in [6.07, 6.45) is 0.251. The second-order valence-electron chi connectivity index (χ2n) is 7.81. The van der Waals surface area contributed by atoms with E-state index in [-0.39, 0.29) is 30.1 Å². The highest BCUT2D eigenvalue weighted by molar-refractivity contribution is 6.00. The average Bonchev–Trinajstić information content (AvgIpc) is 3.17. The molecule has 152 valence electrons. The zero-order valence-corrected chi connectivity index (χ0v) is 17.1. The molecule has 0 aromatic heterocycles. The van der Waals surface area contributed by atoms with Crippen LogP contribution in [-0.2, 0) is 9.59 Å². The maximum absolute atomic E-state index is 12.9. The molecular weight excluding hydrogens is 372 g/mol. The third-order valence-corrected chi connectivity index (χ3v) is 5.79. The summed E-state index contributed by atoms with van der Waals surface area (Å²) in [5.41, 5.74) is 4.26. The minimum atomic E-state index is -0.329. The molecule has 0 bridgehead atoms. The van der Waals surface area contributed by atoms with E-state index in [4.69, 9.17) is 0 Å². The van der Waals surface area contributed by atoms with Crippen molar-refractivity contribution in [1.82, 2.24) is 5.32 Å². The van der Waals surface area contributed by atoms with Crippen LogP contribution in [0.25, 0.3) is 0 Å². The number of carbonyl (C=O) groups is 2. The van der Waals surface area contributed by atoms with Crippen molar-refractivity contribution >= 4 is 17.5 Å². The van der Waals surface area contributed by atoms with Crippen molar-refractivity contribution in [2.24, 2.45) is 5.92 Å². The van der Waals surface area contributed by atoms with Gasteiger partial charge in [-0.1, -0.05) is 78.9 Å². The number of carbonyl (C=O) groups excluding carboxylic acids is 2. The largest absolute Gasteiger partial charge is 0.355 e. The molecule has 3 aromatic carbocycles. The van der Waals surface area contributed by atoms with Gasteiger partial charge < -0.3 is 10.2 Å². The van der Waals surface area contributed by atoms with Gasteiger partial charge in [0.25, 0.3) is 0 Å². The summed E-state index contributed by atoms with van der Waals surface area (Å²) < 4.78 is 0. The molecule has 1 atom stereocenters. The normalized spacial score (nSPS) is 16.1. The molecule has 30 heavy (non-hydrogen) atoms. The fraction of sp³-hybridized carbons (Fsp3) is 0.231. The Morgan fingerprint density at radius 3 is 2.10 bits per heavy atom. The molecule has 0 radical (unpaired) electrons. The van der Waals surface area contributed by atoms with Gasteiger partial charge in [0.15, 0.2) is 0 Å². The Kier molecular flexibility index (Phi) is 5.94. The van der Waals surface area contributed by atoms with Crippen molar-refractivity contribution in [1.29, 1.82) is 0 Å². The second-order valence-corrected chi connectivity index (χ2v) is 7.81. The number of aryl methyl sites for hydroxylation is 1. The highest BCUT2D eigenvalue weighted by Gasteiger charge is 2.35. The van der Waals surface area contributed by atoms with Crippen LogP contribution in [0.5, 0.6) is 0 Å². The fourth-order valence-electron chi connectivity index (χ4n) is 4.13. The number of para-hydroxylation sites is 1. The van der Waals surface area contributed by atoms with Crippen LogP contribution in [0.15, 0.2) is 84.9 Å². The summed E-state index contributed by atoms with van der Waals surface area (Å²) in [4.78, 5) is 27.2. The van der Waals surface area contributed by atoms with Crippen molar-refractivity contribution in [3.05, 3.63) is 102 Å². The van der Waals surface area contributed by atoms with E-state index in [0.717, 1.165) is 22.4 Å². The minimum Gasteiger partial charge on any atom is -0.355 e. The van der Waals surface area contributed by atoms with E-state index >= 15 is 0 Å². The maximum Gasteiger partial charge on any atom is 0.227 e. The summed E-state index contributed by atoms with van der Waals surface area (Å²) >= 11 is 0. The lowest BCUT2D eigenvalue weighted by molar-refractivity contribution is -0.126. The number of nitrogens with one attached hydrogen (secondary N) is 1. The molecule has 0 unspecified atom stereocenters. The Hall–Kier alpha value is -3.40. The highest BCUT2D eigenvalue weighted by Crippen LogP contribution is 2.28. The van der Waals surface area contributed by atoms with Crippen molar-refractivity contribution in [3.8, 4) is 0 Å². The molecule has 0 saturated carbocycles. The molecule has 2 amide bonds. The van der Waals surface area contributed by atoms with Gasteiger partial charge >= 0.3 is 0 Å². The molecule has 0 spiro atoms. The van der Waals surface area contributed by atoms with Crippen LogP contribution in [0, 0.1) is 12.8 Å². The predicted octanol–water partition coefficient (Wildman–Crippen LogP) is 4.30. The Balaban J connectivity index is 1.45. The molecule has 3 aromatic rings. The number of nitrogens with zero attached hydrogens (tertiary/aromatic N) is 1. The van der Waals surface area contributed by atoms with E-state index in [1.54, 1.807) is 4.90 Å². The SMILES string of the molecule is Cc1ccccc1N1C[C@H](C(=O)NCC(c2ccccc2)c2ccccc2)CC1=O. The molecule has 4 rings (SSSR count). The Morgan fingerprint density at radius 2 is 1.50 bits per heavy atom.